The zero-order chi connectivity index (χ0) is 12.1. The average molecular weight is 258 g/mol. The number of ether oxygens (including phenoxy) is 1. The van der Waals surface area contributed by atoms with E-state index >= 15 is 0 Å². The van der Waals surface area contributed by atoms with Gasteiger partial charge < -0.3 is 15.4 Å². The first-order valence-electron chi connectivity index (χ1n) is 6.41. The molecule has 0 spiro atoms. The first-order chi connectivity index (χ1) is 8.24. The Morgan fingerprint density at radius 1 is 1.47 bits per heavy atom. The van der Waals surface area contributed by atoms with Crippen LogP contribution in [-0.4, -0.2) is 42.8 Å². The number of thioether (sulfide) groups is 1. The van der Waals surface area contributed by atoms with Gasteiger partial charge in [-0.1, -0.05) is 12.8 Å². The van der Waals surface area contributed by atoms with Crippen LogP contribution in [0.25, 0.3) is 0 Å². The maximum absolute atomic E-state index is 11.7. The molecule has 0 aromatic rings. The minimum atomic E-state index is -0.141. The summed E-state index contributed by atoms with van der Waals surface area (Å²) in [6.45, 7) is 0.620. The van der Waals surface area contributed by atoms with Crippen LogP contribution in [0.15, 0.2) is 0 Å². The molecule has 0 unspecified atom stereocenters. The number of urea groups is 1. The molecule has 2 fully saturated rings. The van der Waals surface area contributed by atoms with E-state index < -0.39 is 0 Å². The monoisotopic (exact) mass is 258 g/mol. The molecule has 2 amide bonds. The Balaban J connectivity index is 1.71. The lowest BCUT2D eigenvalue weighted by molar-refractivity contribution is 0.0157. The lowest BCUT2D eigenvalue weighted by Gasteiger charge is -2.27. The van der Waals surface area contributed by atoms with Gasteiger partial charge in [0.2, 0.25) is 0 Å². The van der Waals surface area contributed by atoms with Crippen molar-refractivity contribution in [1.82, 2.24) is 10.6 Å². The third-order valence-electron chi connectivity index (χ3n) is 3.76. The molecule has 5 heteroatoms. The predicted octanol–water partition coefficient (Wildman–Crippen LogP) is 1.75. The van der Waals surface area contributed by atoms with Gasteiger partial charge in [-0.2, -0.15) is 11.8 Å². The number of carbonyl (C=O) groups is 1. The van der Waals surface area contributed by atoms with Crippen molar-refractivity contribution >= 4 is 17.8 Å². The zero-order valence-electron chi connectivity index (χ0n) is 10.5. The molecule has 2 rings (SSSR count). The molecule has 17 heavy (non-hydrogen) atoms. The lowest BCUT2D eigenvalue weighted by Crippen LogP contribution is -2.49. The predicted molar refractivity (Wildman–Crippen MR) is 70.5 cm³/mol. The number of rotatable bonds is 4. The van der Waals surface area contributed by atoms with Crippen LogP contribution in [0, 0.1) is 0 Å². The van der Waals surface area contributed by atoms with Gasteiger partial charge in [0.15, 0.2) is 0 Å². The standard InChI is InChI=1S/C12H22N2O2S/c1-16-12(6-7-17-9-12)8-13-11(15)14-10-4-2-3-5-10/h10H,2-9H2,1H3,(H2,13,14,15)/t12-/m0/s1. The fourth-order valence-corrected chi connectivity index (χ4v) is 3.91. The number of nitrogens with one attached hydrogen (secondary N) is 2. The van der Waals surface area contributed by atoms with Gasteiger partial charge in [0, 0.05) is 25.4 Å². The Hall–Kier alpha value is -0.420. The highest BCUT2D eigenvalue weighted by atomic mass is 32.2. The summed E-state index contributed by atoms with van der Waals surface area (Å²) in [5, 5.41) is 5.99. The molecule has 4 nitrogen and oxygen atoms in total. The number of hydrogen-bond acceptors (Lipinski definition) is 3. The van der Waals surface area contributed by atoms with Crippen molar-refractivity contribution in [3.63, 3.8) is 0 Å². The van der Waals surface area contributed by atoms with Crippen molar-refractivity contribution in [1.29, 1.82) is 0 Å². The molecule has 0 radical (unpaired) electrons. The fourth-order valence-electron chi connectivity index (χ4n) is 2.51. The second-order valence-corrected chi connectivity index (χ2v) is 6.10. The van der Waals surface area contributed by atoms with Crippen LogP contribution in [0.1, 0.15) is 32.1 Å². The van der Waals surface area contributed by atoms with Crippen molar-refractivity contribution in [3.8, 4) is 0 Å². The molecule has 1 aliphatic carbocycles. The summed E-state index contributed by atoms with van der Waals surface area (Å²) in [7, 11) is 1.74. The zero-order valence-corrected chi connectivity index (χ0v) is 11.3. The summed E-state index contributed by atoms with van der Waals surface area (Å²) in [6, 6.07) is 0.344. The molecule has 1 aliphatic heterocycles. The van der Waals surface area contributed by atoms with Gasteiger partial charge in [0.1, 0.15) is 0 Å². The van der Waals surface area contributed by atoms with Crippen LogP contribution in [0.3, 0.4) is 0 Å². The van der Waals surface area contributed by atoms with E-state index in [0.29, 0.717) is 12.6 Å². The van der Waals surface area contributed by atoms with Gasteiger partial charge in [-0.3, -0.25) is 0 Å². The van der Waals surface area contributed by atoms with Gasteiger partial charge in [0.05, 0.1) is 5.60 Å². The van der Waals surface area contributed by atoms with E-state index in [-0.39, 0.29) is 11.6 Å². The average Bonchev–Trinajstić information content (AvgIpc) is 2.98. The van der Waals surface area contributed by atoms with Gasteiger partial charge in [-0.15, -0.1) is 0 Å². The molecule has 1 heterocycles. The third-order valence-corrected chi connectivity index (χ3v) is 4.98. The van der Waals surface area contributed by atoms with Gasteiger partial charge in [-0.05, 0) is 25.0 Å². The summed E-state index contributed by atoms with van der Waals surface area (Å²) < 4.78 is 5.56. The lowest BCUT2D eigenvalue weighted by atomic mass is 10.0. The van der Waals surface area contributed by atoms with Crippen LogP contribution < -0.4 is 10.6 Å². The van der Waals surface area contributed by atoms with E-state index in [9.17, 15) is 4.79 Å². The summed E-state index contributed by atoms with van der Waals surface area (Å²) in [5.41, 5.74) is -0.141. The van der Waals surface area contributed by atoms with Crippen LogP contribution in [0.4, 0.5) is 4.79 Å². The van der Waals surface area contributed by atoms with Crippen LogP contribution in [0.2, 0.25) is 0 Å². The number of hydrogen-bond donors (Lipinski definition) is 2. The molecule has 0 aromatic heterocycles. The quantitative estimate of drug-likeness (QED) is 0.807. The minimum Gasteiger partial charge on any atom is -0.376 e. The molecule has 0 bridgehead atoms. The molecule has 1 saturated carbocycles. The molecule has 98 valence electrons. The van der Waals surface area contributed by atoms with Gasteiger partial charge >= 0.3 is 6.03 Å². The SMILES string of the molecule is CO[C@]1(CNC(=O)NC2CCCC2)CCSC1. The van der Waals surface area contributed by atoms with Crippen LogP contribution >= 0.6 is 11.8 Å². The van der Waals surface area contributed by atoms with E-state index in [2.05, 4.69) is 10.6 Å². The first kappa shape index (κ1) is 13.0. The Kier molecular flexibility index (Phi) is 4.56. The molecule has 2 N–H and O–H groups in total. The number of methoxy groups -OCH3 is 1. The molecule has 1 saturated heterocycles. The van der Waals surface area contributed by atoms with Crippen molar-refractivity contribution in [2.45, 2.75) is 43.7 Å². The second-order valence-electron chi connectivity index (χ2n) is 5.00. The van der Waals surface area contributed by atoms with E-state index in [4.69, 9.17) is 4.74 Å². The van der Waals surface area contributed by atoms with Crippen molar-refractivity contribution < 1.29 is 9.53 Å². The summed E-state index contributed by atoms with van der Waals surface area (Å²) >= 11 is 1.89. The topological polar surface area (TPSA) is 50.4 Å². The fraction of sp³-hybridized carbons (Fsp3) is 0.917. The first-order valence-corrected chi connectivity index (χ1v) is 7.57. The van der Waals surface area contributed by atoms with Crippen molar-refractivity contribution in [2.24, 2.45) is 0 Å². The number of amides is 2. The molecular weight excluding hydrogens is 236 g/mol. The number of carbonyl (C=O) groups excluding carboxylic acids is 1. The van der Waals surface area contributed by atoms with E-state index in [1.165, 1.54) is 12.8 Å². The Labute approximate surface area is 107 Å². The highest BCUT2D eigenvalue weighted by Gasteiger charge is 2.34. The Morgan fingerprint density at radius 3 is 2.82 bits per heavy atom. The van der Waals surface area contributed by atoms with Crippen molar-refractivity contribution in [2.75, 3.05) is 25.2 Å². The van der Waals surface area contributed by atoms with Crippen molar-refractivity contribution in [3.05, 3.63) is 0 Å². The normalized spacial score (nSPS) is 29.5. The summed E-state index contributed by atoms with van der Waals surface area (Å²) in [4.78, 5) is 11.7. The Morgan fingerprint density at radius 2 is 2.24 bits per heavy atom. The van der Waals surface area contributed by atoms with Gasteiger partial charge in [0.25, 0.3) is 0 Å². The summed E-state index contributed by atoms with van der Waals surface area (Å²) in [6.07, 6.45) is 5.75. The minimum absolute atomic E-state index is 0.0368. The maximum Gasteiger partial charge on any atom is 0.315 e. The Bertz CT molecular complexity index is 261. The molecule has 1 atom stereocenters. The summed E-state index contributed by atoms with van der Waals surface area (Å²) in [5.74, 6) is 2.10. The second kappa shape index (κ2) is 5.96. The maximum atomic E-state index is 11.7. The van der Waals surface area contributed by atoms with Crippen LogP contribution in [0.5, 0.6) is 0 Å². The van der Waals surface area contributed by atoms with Crippen LogP contribution in [-0.2, 0) is 4.74 Å². The third kappa shape index (κ3) is 3.52. The highest BCUT2D eigenvalue weighted by molar-refractivity contribution is 7.99. The van der Waals surface area contributed by atoms with E-state index in [1.54, 1.807) is 7.11 Å². The molecule has 2 aliphatic rings. The van der Waals surface area contributed by atoms with Gasteiger partial charge in [-0.25, -0.2) is 4.79 Å². The largest absolute Gasteiger partial charge is 0.376 e. The molecule has 0 aromatic carbocycles. The smallest absolute Gasteiger partial charge is 0.315 e. The van der Waals surface area contributed by atoms with E-state index in [0.717, 1.165) is 30.8 Å². The highest BCUT2D eigenvalue weighted by Crippen LogP contribution is 2.30. The molecular formula is C12H22N2O2S. The van der Waals surface area contributed by atoms with E-state index in [1.807, 2.05) is 11.8 Å².